The summed E-state index contributed by atoms with van der Waals surface area (Å²) in [6.45, 7) is 2.29. The molecule has 0 bridgehead atoms. The van der Waals surface area contributed by atoms with E-state index in [4.69, 9.17) is 11.6 Å². The van der Waals surface area contributed by atoms with Gasteiger partial charge in [0.15, 0.2) is 0 Å². The van der Waals surface area contributed by atoms with Gasteiger partial charge in [-0.1, -0.05) is 18.2 Å². The maximum atomic E-state index is 5.86. The Kier molecular flexibility index (Phi) is 3.88. The number of nitrogens with one attached hydrogen (secondary N) is 1. The quantitative estimate of drug-likeness (QED) is 0.798. The zero-order chi connectivity index (χ0) is 12.4. The summed E-state index contributed by atoms with van der Waals surface area (Å²) in [5, 5.41) is 4.39. The Hall–Kier alpha value is -0.180. The van der Waals surface area contributed by atoms with Gasteiger partial charge in [0.2, 0.25) is 0 Å². The highest BCUT2D eigenvalue weighted by Gasteiger charge is 2.41. The lowest BCUT2D eigenvalue weighted by Crippen LogP contribution is -2.30. The summed E-state index contributed by atoms with van der Waals surface area (Å²) < 4.78 is 0. The lowest BCUT2D eigenvalue weighted by atomic mass is 10.0. The van der Waals surface area contributed by atoms with Gasteiger partial charge in [0.25, 0.3) is 0 Å². The van der Waals surface area contributed by atoms with Crippen molar-refractivity contribution >= 4 is 23.4 Å². The molecule has 0 aromatic heterocycles. The van der Waals surface area contributed by atoms with Gasteiger partial charge in [-0.3, -0.25) is 0 Å². The van der Waals surface area contributed by atoms with E-state index in [1.54, 1.807) is 0 Å². The number of hydrogen-bond acceptors (Lipinski definition) is 2. The van der Waals surface area contributed by atoms with Gasteiger partial charge < -0.3 is 5.32 Å². The molecule has 3 heteroatoms. The molecule has 0 saturated heterocycles. The summed E-state index contributed by atoms with van der Waals surface area (Å²) in [5.74, 6) is 0.811. The summed E-state index contributed by atoms with van der Waals surface area (Å²) in [4.78, 5) is 1.48. The molecule has 1 atom stereocenters. The van der Waals surface area contributed by atoms with Crippen molar-refractivity contribution in [3.8, 4) is 0 Å². The zero-order valence-corrected chi connectivity index (χ0v) is 12.2. The van der Waals surface area contributed by atoms with E-state index >= 15 is 0 Å². The molecule has 1 heterocycles. The van der Waals surface area contributed by atoms with Crippen molar-refractivity contribution in [3.05, 3.63) is 29.8 Å². The average Bonchev–Trinajstić information content (AvgIpc) is 3.01. The molecule has 1 aromatic carbocycles. The first-order valence-electron chi connectivity index (χ1n) is 6.83. The number of benzene rings is 1. The van der Waals surface area contributed by atoms with Gasteiger partial charge in [-0.15, -0.1) is 23.4 Å². The van der Waals surface area contributed by atoms with Crippen LogP contribution in [-0.2, 0) is 6.42 Å². The highest BCUT2D eigenvalue weighted by atomic mass is 35.5. The van der Waals surface area contributed by atoms with E-state index in [-0.39, 0.29) is 0 Å². The molecule has 0 amide bonds. The van der Waals surface area contributed by atoms with Crippen molar-refractivity contribution in [2.24, 2.45) is 5.41 Å². The molecule has 1 saturated carbocycles. The van der Waals surface area contributed by atoms with E-state index in [9.17, 15) is 0 Å². The fourth-order valence-corrected chi connectivity index (χ4v) is 4.44. The molecule has 98 valence electrons. The van der Waals surface area contributed by atoms with Crippen molar-refractivity contribution in [1.82, 2.24) is 5.32 Å². The Morgan fingerprint density at radius 2 is 2.17 bits per heavy atom. The minimum Gasteiger partial charge on any atom is -0.315 e. The molecule has 1 fully saturated rings. The number of halogens is 1. The fourth-order valence-electron chi connectivity index (χ4n) is 2.76. The first-order valence-corrected chi connectivity index (χ1v) is 8.24. The van der Waals surface area contributed by atoms with Crippen LogP contribution in [0.15, 0.2) is 29.2 Å². The van der Waals surface area contributed by atoms with Gasteiger partial charge in [-0.25, -0.2) is 0 Å². The van der Waals surface area contributed by atoms with E-state index in [0.29, 0.717) is 10.7 Å². The van der Waals surface area contributed by atoms with E-state index in [1.807, 2.05) is 11.8 Å². The number of rotatable bonds is 6. The zero-order valence-electron chi connectivity index (χ0n) is 10.6. The van der Waals surface area contributed by atoms with Gasteiger partial charge in [0, 0.05) is 29.1 Å². The van der Waals surface area contributed by atoms with Crippen LogP contribution in [0, 0.1) is 5.41 Å². The molecule has 1 aromatic rings. The molecule has 0 spiro atoms. The van der Waals surface area contributed by atoms with Crippen LogP contribution >= 0.6 is 23.4 Å². The second-order valence-corrected chi connectivity index (χ2v) is 7.34. The number of alkyl halides is 1. The molecule has 3 rings (SSSR count). The average molecular weight is 282 g/mol. The van der Waals surface area contributed by atoms with E-state index in [0.717, 1.165) is 19.0 Å². The third-order valence-corrected chi connectivity index (χ3v) is 5.68. The van der Waals surface area contributed by atoms with Gasteiger partial charge >= 0.3 is 0 Å². The van der Waals surface area contributed by atoms with E-state index in [2.05, 4.69) is 29.6 Å². The SMILES string of the molecule is ClCCC1(CNCC2Cc3ccccc3S2)CC1. The molecule has 2 aliphatic rings. The molecule has 18 heavy (non-hydrogen) atoms. The van der Waals surface area contributed by atoms with Crippen molar-refractivity contribution < 1.29 is 0 Å². The predicted octanol–water partition coefficient (Wildman–Crippen LogP) is 3.70. The van der Waals surface area contributed by atoms with E-state index in [1.165, 1.54) is 36.1 Å². The second kappa shape index (κ2) is 5.44. The molecule has 1 nitrogen and oxygen atoms in total. The monoisotopic (exact) mass is 281 g/mol. The smallest absolute Gasteiger partial charge is 0.0260 e. The van der Waals surface area contributed by atoms with Gasteiger partial charge in [0.1, 0.15) is 0 Å². The molecule has 1 N–H and O–H groups in total. The summed E-state index contributed by atoms with van der Waals surface area (Å²) in [6, 6.07) is 8.80. The highest BCUT2D eigenvalue weighted by molar-refractivity contribution is 8.00. The van der Waals surface area contributed by atoms with Crippen LogP contribution in [0.25, 0.3) is 0 Å². The number of hydrogen-bond donors (Lipinski definition) is 1. The first kappa shape index (κ1) is 12.8. The molecule has 1 aliphatic carbocycles. The summed E-state index contributed by atoms with van der Waals surface area (Å²) in [5.41, 5.74) is 2.08. The van der Waals surface area contributed by atoms with Crippen molar-refractivity contribution in [1.29, 1.82) is 0 Å². The maximum absolute atomic E-state index is 5.86. The topological polar surface area (TPSA) is 12.0 Å². The van der Waals surface area contributed by atoms with E-state index < -0.39 is 0 Å². The van der Waals surface area contributed by atoms with Crippen LogP contribution in [0.5, 0.6) is 0 Å². The Morgan fingerprint density at radius 1 is 1.33 bits per heavy atom. The van der Waals surface area contributed by atoms with Crippen molar-refractivity contribution in [3.63, 3.8) is 0 Å². The molecule has 0 radical (unpaired) electrons. The number of fused-ring (bicyclic) bond motifs is 1. The maximum Gasteiger partial charge on any atom is 0.0260 e. The van der Waals surface area contributed by atoms with Crippen molar-refractivity contribution in [2.45, 2.75) is 35.8 Å². The fraction of sp³-hybridized carbons (Fsp3) is 0.600. The van der Waals surface area contributed by atoms with Crippen LogP contribution < -0.4 is 5.32 Å². The lowest BCUT2D eigenvalue weighted by molar-refractivity contribution is 0.446. The molecular formula is C15H20ClNS. The Balaban J connectivity index is 1.44. The Bertz CT molecular complexity index is 392. The first-order chi connectivity index (χ1) is 8.81. The van der Waals surface area contributed by atoms with Gasteiger partial charge in [0.05, 0.1) is 0 Å². The third-order valence-electron chi connectivity index (χ3n) is 4.17. The largest absolute Gasteiger partial charge is 0.315 e. The number of thioether (sulfide) groups is 1. The predicted molar refractivity (Wildman–Crippen MR) is 79.7 cm³/mol. The standard InChI is InChI=1S/C15H20ClNS/c16-8-7-15(5-6-15)11-17-10-13-9-12-3-1-2-4-14(12)18-13/h1-4,13,17H,5-11H2. The summed E-state index contributed by atoms with van der Waals surface area (Å²) >= 11 is 7.89. The third kappa shape index (κ3) is 2.87. The molecule has 1 aliphatic heterocycles. The highest BCUT2D eigenvalue weighted by Crippen LogP contribution is 2.48. The molecule has 1 unspecified atom stereocenters. The Morgan fingerprint density at radius 3 is 2.89 bits per heavy atom. The van der Waals surface area contributed by atoms with Crippen LogP contribution in [0.3, 0.4) is 0 Å². The van der Waals surface area contributed by atoms with Crippen molar-refractivity contribution in [2.75, 3.05) is 19.0 Å². The van der Waals surface area contributed by atoms with Crippen LogP contribution in [-0.4, -0.2) is 24.2 Å². The normalized spacial score (nSPS) is 23.9. The summed E-state index contributed by atoms with van der Waals surface area (Å²) in [7, 11) is 0. The van der Waals surface area contributed by atoms with Crippen LogP contribution in [0.1, 0.15) is 24.8 Å². The lowest BCUT2D eigenvalue weighted by Gasteiger charge is -2.16. The Labute approximate surface area is 119 Å². The van der Waals surface area contributed by atoms with Gasteiger partial charge in [-0.05, 0) is 42.7 Å². The second-order valence-electron chi connectivity index (χ2n) is 5.62. The van der Waals surface area contributed by atoms with Crippen LogP contribution in [0.4, 0.5) is 0 Å². The molecular weight excluding hydrogens is 262 g/mol. The minimum atomic E-state index is 0.553. The van der Waals surface area contributed by atoms with Gasteiger partial charge in [-0.2, -0.15) is 0 Å². The summed E-state index contributed by atoms with van der Waals surface area (Å²) in [6.07, 6.45) is 5.13. The van der Waals surface area contributed by atoms with Crippen LogP contribution in [0.2, 0.25) is 0 Å². The minimum absolute atomic E-state index is 0.553.